The van der Waals surface area contributed by atoms with Crippen LogP contribution in [0.4, 0.5) is 46.0 Å². The highest BCUT2D eigenvalue weighted by molar-refractivity contribution is 7.96. The van der Waals surface area contributed by atoms with Crippen LogP contribution in [0.1, 0.15) is 6.92 Å². The molecule has 8 aromatic rings. The van der Waals surface area contributed by atoms with Gasteiger partial charge in [-0.2, -0.15) is 8.42 Å². The first-order valence-corrected chi connectivity index (χ1v) is 24.1. The van der Waals surface area contributed by atoms with Gasteiger partial charge in [0.15, 0.2) is 5.03 Å². The summed E-state index contributed by atoms with van der Waals surface area (Å²) in [5.41, 5.74) is 7.66. The molecule has 1 amide bonds. The summed E-state index contributed by atoms with van der Waals surface area (Å²) in [6.45, 7) is 15.4. The number of morpholine rings is 2. The topological polar surface area (TPSA) is 193 Å². The summed E-state index contributed by atoms with van der Waals surface area (Å²) in [5.74, 6) is 0.0732. The average molecular weight is 953 g/mol. The lowest BCUT2D eigenvalue weighted by atomic mass is 10.1. The molecule has 0 spiro atoms. The summed E-state index contributed by atoms with van der Waals surface area (Å²) in [6.07, 6.45) is 6.44. The second kappa shape index (κ2) is 19.7. The molecule has 0 atom stereocenters. The first kappa shape index (κ1) is 45.5. The summed E-state index contributed by atoms with van der Waals surface area (Å²) < 4.78 is 42.2. The smallest absolute Gasteiger partial charge is 0.277 e. The normalized spacial score (nSPS) is 14.0. The predicted octanol–water partition coefficient (Wildman–Crippen LogP) is 8.68. The number of aromatic nitrogens is 6. The van der Waals surface area contributed by atoms with Gasteiger partial charge >= 0.3 is 0 Å². The van der Waals surface area contributed by atoms with Crippen molar-refractivity contribution < 1.29 is 22.7 Å². The molecule has 4 aromatic carbocycles. The van der Waals surface area contributed by atoms with Crippen molar-refractivity contribution in [1.29, 1.82) is 0 Å². The maximum atomic E-state index is 14.3. The number of amides is 1. The molecule has 0 saturated carbocycles. The van der Waals surface area contributed by atoms with E-state index < -0.39 is 21.0 Å². The third-order valence-corrected chi connectivity index (χ3v) is 13.2. The van der Waals surface area contributed by atoms with Gasteiger partial charge in [0.1, 0.15) is 0 Å². The Morgan fingerprint density at radius 1 is 0.614 bits per heavy atom. The van der Waals surface area contributed by atoms with Crippen LogP contribution in [0.2, 0.25) is 0 Å². The molecular weight excluding hydrogens is 905 g/mol. The molecule has 10 rings (SSSR count). The van der Waals surface area contributed by atoms with E-state index in [4.69, 9.17) is 19.4 Å². The molecule has 2 saturated heterocycles. The Balaban J connectivity index is 0.889. The number of anilines is 8. The Bertz CT molecular complexity index is 3380. The maximum Gasteiger partial charge on any atom is 0.277 e. The number of hydrogen-bond donors (Lipinski definition) is 3. The predicted molar refractivity (Wildman–Crippen MR) is 275 cm³/mol. The summed E-state index contributed by atoms with van der Waals surface area (Å²) in [4.78, 5) is 47.6. The third-order valence-electron chi connectivity index (χ3n) is 11.9. The van der Waals surface area contributed by atoms with Crippen molar-refractivity contribution >= 4 is 83.8 Å². The van der Waals surface area contributed by atoms with E-state index >= 15 is 0 Å². The van der Waals surface area contributed by atoms with Crippen LogP contribution in [0.25, 0.3) is 44.3 Å². The Morgan fingerprint density at radius 3 is 1.60 bits per heavy atom. The molecule has 0 radical (unpaired) electrons. The Morgan fingerprint density at radius 2 is 1.10 bits per heavy atom. The molecule has 2 aliphatic heterocycles. The van der Waals surface area contributed by atoms with Crippen LogP contribution in [-0.4, -0.2) is 96.8 Å². The Labute approximate surface area is 404 Å². The fourth-order valence-corrected chi connectivity index (χ4v) is 9.29. The number of nitrogens with one attached hydrogen (secondary N) is 3. The first-order valence-electron chi connectivity index (χ1n) is 22.6. The van der Waals surface area contributed by atoms with E-state index in [0.717, 1.165) is 64.6 Å². The monoisotopic (exact) mass is 952 g/mol. The van der Waals surface area contributed by atoms with Gasteiger partial charge in [0.25, 0.3) is 15.9 Å². The van der Waals surface area contributed by atoms with E-state index in [-0.39, 0.29) is 16.9 Å². The van der Waals surface area contributed by atoms with Crippen LogP contribution in [0.5, 0.6) is 0 Å². The molecule has 70 heavy (non-hydrogen) atoms. The van der Waals surface area contributed by atoms with E-state index in [1.165, 1.54) is 31.5 Å². The number of benzene rings is 4. The van der Waals surface area contributed by atoms with Gasteiger partial charge in [0, 0.05) is 101 Å². The van der Waals surface area contributed by atoms with Crippen molar-refractivity contribution in [2.45, 2.75) is 6.92 Å². The van der Waals surface area contributed by atoms with Crippen molar-refractivity contribution in [3.8, 4) is 22.5 Å². The van der Waals surface area contributed by atoms with Crippen molar-refractivity contribution in [2.75, 3.05) is 82.7 Å². The molecule has 0 aliphatic carbocycles. The van der Waals surface area contributed by atoms with Gasteiger partial charge < -0.3 is 29.9 Å². The number of sulfonamides is 1. The zero-order valence-electron chi connectivity index (χ0n) is 38.2. The van der Waals surface area contributed by atoms with Crippen molar-refractivity contribution in [1.82, 2.24) is 29.9 Å². The molecule has 6 heterocycles. The summed E-state index contributed by atoms with van der Waals surface area (Å²) >= 11 is 0. The van der Waals surface area contributed by atoms with Crippen LogP contribution >= 0.6 is 0 Å². The minimum absolute atomic E-state index is 0.0873. The van der Waals surface area contributed by atoms with Crippen LogP contribution in [0.15, 0.2) is 158 Å². The minimum Gasteiger partial charge on any atom is -0.378 e. The highest BCUT2D eigenvalue weighted by Crippen LogP contribution is 2.34. The number of para-hydroxylation sites is 2. The van der Waals surface area contributed by atoms with Gasteiger partial charge in [-0.25, -0.2) is 19.9 Å². The second-order valence-corrected chi connectivity index (χ2v) is 18.3. The number of hydrogen-bond acceptors (Lipinski definition) is 15. The molecule has 0 bridgehead atoms. The highest BCUT2D eigenvalue weighted by atomic mass is 32.2. The standard InChI is InChI=1S/C52H48N12O5S/c1-34(2)50(65)64(43-19-21-54-47(31-43)45-9-5-7-37-33-56-52(60-49(37)45)58-39-12-16-42(17-13-39)63-24-28-69-29-25-63)35(3)70(66,67)61-40-18-20-53-46(30-40)44-8-4-6-36-32-55-51(59-48(36)44)57-38-10-14-41(15-11-38)62-22-26-68-27-23-62/h4-21,30-33H,1,3,22-29H2,2H3,(H,53,61)(H,55,57,59)(H,56,58,60). The molecule has 3 N–H and O–H groups in total. The molecule has 18 heteroatoms. The van der Waals surface area contributed by atoms with Crippen LogP contribution in [0.3, 0.4) is 0 Å². The van der Waals surface area contributed by atoms with Crippen molar-refractivity contribution in [3.63, 3.8) is 0 Å². The lowest BCUT2D eigenvalue weighted by Gasteiger charge is -2.28. The minimum atomic E-state index is -4.50. The molecule has 2 fully saturated rings. The number of pyridine rings is 2. The van der Waals surface area contributed by atoms with Crippen molar-refractivity contribution in [2.24, 2.45) is 0 Å². The van der Waals surface area contributed by atoms with Gasteiger partial charge in [0.2, 0.25) is 11.9 Å². The van der Waals surface area contributed by atoms with E-state index in [1.54, 1.807) is 24.5 Å². The number of rotatable bonds is 14. The lowest BCUT2D eigenvalue weighted by Crippen LogP contribution is -2.36. The second-order valence-electron chi connectivity index (χ2n) is 16.7. The zero-order valence-corrected chi connectivity index (χ0v) is 39.1. The number of carbonyl (C=O) groups excluding carboxylic acids is 1. The fraction of sp³-hybridized carbons (Fsp3) is 0.173. The SMILES string of the molecule is C=C(C)C(=O)N(C(=C)S(=O)(=O)Nc1ccnc(-c2cccc3cnc(Nc4ccc(N5CCOCC5)cc4)nc23)c1)c1ccnc(-c2cccc3cnc(Nc4ccc(N5CCOCC5)cc4)nc23)c1. The summed E-state index contributed by atoms with van der Waals surface area (Å²) in [7, 11) is -4.50. The Kier molecular flexibility index (Phi) is 12.8. The van der Waals surface area contributed by atoms with Gasteiger partial charge in [-0.05, 0) is 79.7 Å². The summed E-state index contributed by atoms with van der Waals surface area (Å²) in [5, 5.41) is 7.58. The number of carbonyl (C=O) groups is 1. The van der Waals surface area contributed by atoms with E-state index in [1.807, 2.05) is 60.7 Å². The van der Waals surface area contributed by atoms with Gasteiger partial charge in [0.05, 0.1) is 60.2 Å². The first-order chi connectivity index (χ1) is 34.1. The quantitative estimate of drug-likeness (QED) is 0.0876. The molecule has 17 nitrogen and oxygen atoms in total. The van der Waals surface area contributed by atoms with Gasteiger partial charge in [-0.3, -0.25) is 24.4 Å². The van der Waals surface area contributed by atoms with Gasteiger partial charge in [-0.15, -0.1) is 0 Å². The van der Waals surface area contributed by atoms with E-state index in [9.17, 15) is 13.2 Å². The highest BCUT2D eigenvalue weighted by Gasteiger charge is 2.30. The third kappa shape index (κ3) is 9.82. The molecule has 0 unspecified atom stereocenters. The van der Waals surface area contributed by atoms with E-state index in [0.29, 0.717) is 71.9 Å². The molecular formula is C52H48N12O5S. The fourth-order valence-electron chi connectivity index (χ4n) is 8.30. The summed E-state index contributed by atoms with van der Waals surface area (Å²) in [6, 6.07) is 33.6. The van der Waals surface area contributed by atoms with Crippen molar-refractivity contribution in [3.05, 3.63) is 158 Å². The zero-order chi connectivity index (χ0) is 48.2. The molecule has 4 aromatic heterocycles. The number of nitrogens with zero attached hydrogens (tertiary/aromatic N) is 9. The number of fused-ring (bicyclic) bond motifs is 2. The van der Waals surface area contributed by atoms with Crippen LogP contribution in [-0.2, 0) is 24.3 Å². The maximum absolute atomic E-state index is 14.3. The molecule has 352 valence electrons. The van der Waals surface area contributed by atoms with Gasteiger partial charge in [-0.1, -0.05) is 49.6 Å². The van der Waals surface area contributed by atoms with Crippen LogP contribution in [0, 0.1) is 0 Å². The van der Waals surface area contributed by atoms with Crippen LogP contribution < -0.4 is 30.1 Å². The largest absolute Gasteiger partial charge is 0.378 e. The average Bonchev–Trinajstić information content (AvgIpc) is 3.39. The molecule has 2 aliphatic rings. The number of ether oxygens (including phenoxy) is 2. The van der Waals surface area contributed by atoms with E-state index in [2.05, 4.69) is 82.5 Å². The Hall–Kier alpha value is -8.32. The lowest BCUT2D eigenvalue weighted by molar-refractivity contribution is -0.114.